The van der Waals surface area contributed by atoms with E-state index in [2.05, 4.69) is 0 Å². The number of rotatable bonds is 4. The molecule has 12 heavy (non-hydrogen) atoms. The molecule has 2 N–H and O–H groups in total. The predicted octanol–water partition coefficient (Wildman–Crippen LogP) is 1.26. The summed E-state index contributed by atoms with van der Waals surface area (Å²) in [6.07, 6.45) is 3.17. The molecule has 1 aliphatic carbocycles. The number of hydrogen-bond acceptors (Lipinski definition) is 3. The first-order chi connectivity index (χ1) is 5.74. The van der Waals surface area contributed by atoms with E-state index in [9.17, 15) is 5.11 Å². The second kappa shape index (κ2) is 5.10. The first-order valence-corrected chi connectivity index (χ1v) is 5.69. The van der Waals surface area contributed by atoms with Gasteiger partial charge in [0.2, 0.25) is 0 Å². The lowest BCUT2D eigenvalue weighted by Gasteiger charge is -2.15. The molecule has 0 saturated heterocycles. The molecule has 1 saturated carbocycles. The summed E-state index contributed by atoms with van der Waals surface area (Å²) in [6, 6.07) is 0. The molecule has 0 spiro atoms. The Morgan fingerprint density at radius 2 is 2.25 bits per heavy atom. The SMILES string of the molecule is CC(CO)CS[C@@H]1CCC[C@H]1O. The zero-order valence-electron chi connectivity index (χ0n) is 7.57. The third-order valence-corrected chi connectivity index (χ3v) is 4.06. The van der Waals surface area contributed by atoms with Crippen LogP contribution < -0.4 is 0 Å². The zero-order valence-corrected chi connectivity index (χ0v) is 8.39. The van der Waals surface area contributed by atoms with Gasteiger partial charge in [-0.15, -0.1) is 0 Å². The van der Waals surface area contributed by atoms with Crippen LogP contribution in [0.15, 0.2) is 0 Å². The quantitative estimate of drug-likeness (QED) is 0.701. The topological polar surface area (TPSA) is 40.5 Å². The molecule has 2 nitrogen and oxygen atoms in total. The summed E-state index contributed by atoms with van der Waals surface area (Å²) in [6.45, 7) is 2.30. The fourth-order valence-corrected chi connectivity index (χ4v) is 2.81. The van der Waals surface area contributed by atoms with Gasteiger partial charge in [-0.2, -0.15) is 11.8 Å². The summed E-state index contributed by atoms with van der Waals surface area (Å²) in [4.78, 5) is 0. The second-order valence-electron chi connectivity index (χ2n) is 3.66. The first-order valence-electron chi connectivity index (χ1n) is 4.64. The molecule has 3 heteroatoms. The number of thioether (sulfide) groups is 1. The minimum atomic E-state index is -0.0964. The number of hydrogen-bond donors (Lipinski definition) is 2. The second-order valence-corrected chi connectivity index (χ2v) is 4.93. The first kappa shape index (κ1) is 10.4. The van der Waals surface area contributed by atoms with Gasteiger partial charge in [-0.3, -0.25) is 0 Å². The summed E-state index contributed by atoms with van der Waals surface area (Å²) in [5, 5.41) is 18.7. The lowest BCUT2D eigenvalue weighted by molar-refractivity contribution is 0.187. The third-order valence-electron chi connectivity index (χ3n) is 2.32. The molecule has 0 bridgehead atoms. The fraction of sp³-hybridized carbons (Fsp3) is 1.00. The molecule has 0 heterocycles. The van der Waals surface area contributed by atoms with Gasteiger partial charge in [0.1, 0.15) is 0 Å². The maximum atomic E-state index is 9.49. The highest BCUT2D eigenvalue weighted by atomic mass is 32.2. The van der Waals surface area contributed by atoms with Crippen LogP contribution >= 0.6 is 11.8 Å². The van der Waals surface area contributed by atoms with Crippen LogP contribution in [0.4, 0.5) is 0 Å². The van der Waals surface area contributed by atoms with E-state index >= 15 is 0 Å². The molecule has 0 aromatic rings. The molecule has 72 valence electrons. The van der Waals surface area contributed by atoms with Crippen LogP contribution in [0.5, 0.6) is 0 Å². The summed E-state index contributed by atoms with van der Waals surface area (Å²) < 4.78 is 0. The van der Waals surface area contributed by atoms with E-state index in [0.29, 0.717) is 11.2 Å². The van der Waals surface area contributed by atoms with Crippen molar-refractivity contribution in [2.75, 3.05) is 12.4 Å². The Bertz CT molecular complexity index is 130. The van der Waals surface area contributed by atoms with Gasteiger partial charge in [-0.25, -0.2) is 0 Å². The van der Waals surface area contributed by atoms with Crippen LogP contribution in [0.3, 0.4) is 0 Å². The van der Waals surface area contributed by atoms with E-state index in [1.54, 1.807) is 0 Å². The van der Waals surface area contributed by atoms with E-state index in [1.807, 2.05) is 18.7 Å². The van der Waals surface area contributed by atoms with Crippen molar-refractivity contribution in [2.45, 2.75) is 37.5 Å². The van der Waals surface area contributed by atoms with E-state index in [1.165, 1.54) is 0 Å². The van der Waals surface area contributed by atoms with Gasteiger partial charge in [0, 0.05) is 11.9 Å². The lowest BCUT2D eigenvalue weighted by Crippen LogP contribution is -2.17. The Morgan fingerprint density at radius 1 is 1.50 bits per heavy atom. The highest BCUT2D eigenvalue weighted by Crippen LogP contribution is 2.30. The molecule has 0 aliphatic heterocycles. The Morgan fingerprint density at radius 3 is 2.75 bits per heavy atom. The largest absolute Gasteiger partial charge is 0.396 e. The summed E-state index contributed by atoms with van der Waals surface area (Å²) in [5.74, 6) is 1.33. The van der Waals surface area contributed by atoms with Gasteiger partial charge in [0.05, 0.1) is 6.10 Å². The van der Waals surface area contributed by atoms with E-state index in [4.69, 9.17) is 5.11 Å². The lowest BCUT2D eigenvalue weighted by atomic mass is 10.2. The van der Waals surface area contributed by atoms with Crippen LogP contribution in [0.1, 0.15) is 26.2 Å². The van der Waals surface area contributed by atoms with Crippen LogP contribution in [0.25, 0.3) is 0 Å². The van der Waals surface area contributed by atoms with Crippen LogP contribution in [-0.2, 0) is 0 Å². The van der Waals surface area contributed by atoms with Gasteiger partial charge in [-0.1, -0.05) is 6.92 Å². The molecule has 0 amide bonds. The molecule has 1 rings (SSSR count). The van der Waals surface area contributed by atoms with Crippen molar-refractivity contribution in [3.8, 4) is 0 Å². The summed E-state index contributed by atoms with van der Waals surface area (Å²) in [5.41, 5.74) is 0. The van der Waals surface area contributed by atoms with Crippen molar-refractivity contribution in [1.29, 1.82) is 0 Å². The maximum Gasteiger partial charge on any atom is 0.0658 e. The predicted molar refractivity (Wildman–Crippen MR) is 52.4 cm³/mol. The van der Waals surface area contributed by atoms with E-state index in [0.717, 1.165) is 25.0 Å². The van der Waals surface area contributed by atoms with Crippen LogP contribution in [0.2, 0.25) is 0 Å². The highest BCUT2D eigenvalue weighted by Gasteiger charge is 2.25. The number of aliphatic hydroxyl groups excluding tert-OH is 2. The van der Waals surface area contributed by atoms with Crippen molar-refractivity contribution in [3.05, 3.63) is 0 Å². The van der Waals surface area contributed by atoms with Crippen LogP contribution in [-0.4, -0.2) is 33.9 Å². The monoisotopic (exact) mass is 190 g/mol. The molecular formula is C9H18O2S. The molecule has 0 aromatic heterocycles. The van der Waals surface area contributed by atoms with Crippen molar-refractivity contribution >= 4 is 11.8 Å². The van der Waals surface area contributed by atoms with Gasteiger partial charge >= 0.3 is 0 Å². The molecule has 0 aromatic carbocycles. The minimum Gasteiger partial charge on any atom is -0.396 e. The van der Waals surface area contributed by atoms with Gasteiger partial charge in [0.25, 0.3) is 0 Å². The van der Waals surface area contributed by atoms with Crippen molar-refractivity contribution in [1.82, 2.24) is 0 Å². The van der Waals surface area contributed by atoms with E-state index < -0.39 is 0 Å². The Balaban J connectivity index is 2.13. The van der Waals surface area contributed by atoms with Crippen molar-refractivity contribution < 1.29 is 10.2 Å². The van der Waals surface area contributed by atoms with Gasteiger partial charge < -0.3 is 10.2 Å². The normalized spacial score (nSPS) is 32.2. The molecule has 1 unspecified atom stereocenters. The summed E-state index contributed by atoms with van der Waals surface area (Å²) >= 11 is 1.81. The molecule has 1 fully saturated rings. The average Bonchev–Trinajstić information content (AvgIpc) is 2.47. The molecule has 1 aliphatic rings. The van der Waals surface area contributed by atoms with Gasteiger partial charge in [-0.05, 0) is 30.9 Å². The van der Waals surface area contributed by atoms with Crippen molar-refractivity contribution in [3.63, 3.8) is 0 Å². The maximum absolute atomic E-state index is 9.49. The molecular weight excluding hydrogens is 172 g/mol. The Labute approximate surface area is 78.4 Å². The summed E-state index contributed by atoms with van der Waals surface area (Å²) in [7, 11) is 0. The van der Waals surface area contributed by atoms with Crippen LogP contribution in [0, 0.1) is 5.92 Å². The van der Waals surface area contributed by atoms with Crippen molar-refractivity contribution in [2.24, 2.45) is 5.92 Å². The zero-order chi connectivity index (χ0) is 8.97. The molecule has 3 atom stereocenters. The smallest absolute Gasteiger partial charge is 0.0658 e. The van der Waals surface area contributed by atoms with Gasteiger partial charge in [0.15, 0.2) is 0 Å². The fourth-order valence-electron chi connectivity index (χ4n) is 1.44. The van der Waals surface area contributed by atoms with E-state index in [-0.39, 0.29) is 12.7 Å². The standard InChI is InChI=1S/C9H18O2S/c1-7(5-10)6-12-9-4-2-3-8(9)11/h7-11H,2-6H2,1H3/t7?,8-,9-/m1/s1. The Hall–Kier alpha value is 0.270. The Kier molecular flexibility index (Phi) is 4.40. The highest BCUT2D eigenvalue weighted by molar-refractivity contribution is 7.99. The minimum absolute atomic E-state index is 0.0964. The number of aliphatic hydroxyl groups is 2. The molecule has 0 radical (unpaired) electrons. The average molecular weight is 190 g/mol. The third kappa shape index (κ3) is 2.96.